The first-order chi connectivity index (χ1) is 14.1. The van der Waals surface area contributed by atoms with E-state index in [0.29, 0.717) is 23.5 Å². The van der Waals surface area contributed by atoms with E-state index in [9.17, 15) is 9.59 Å². The zero-order chi connectivity index (χ0) is 20.8. The van der Waals surface area contributed by atoms with Crippen molar-refractivity contribution < 1.29 is 23.8 Å². The molecule has 0 atom stereocenters. The minimum Gasteiger partial charge on any atom is -0.493 e. The van der Waals surface area contributed by atoms with Crippen LogP contribution >= 0.6 is 0 Å². The van der Waals surface area contributed by atoms with Gasteiger partial charge in [0.05, 0.1) is 14.2 Å². The van der Waals surface area contributed by atoms with E-state index < -0.39 is 5.97 Å². The Bertz CT molecular complexity index is 1020. The smallest absolute Gasteiger partial charge is 0.306 e. The fraction of sp³-hybridized carbons (Fsp3) is 0.304. The van der Waals surface area contributed by atoms with Crippen LogP contribution < -0.4 is 9.47 Å². The number of aromatic amines is 1. The number of nitrogens with one attached hydrogen (secondary N) is 1. The highest BCUT2D eigenvalue weighted by Gasteiger charge is 2.16. The topological polar surface area (TPSA) is 77.6 Å². The summed E-state index contributed by atoms with van der Waals surface area (Å²) in [7, 11) is 3.14. The molecule has 3 aromatic rings. The van der Waals surface area contributed by atoms with Gasteiger partial charge in [0.2, 0.25) is 5.78 Å². The number of esters is 1. The number of Topliss-reactive ketones (excluding diaryl/α,β-unsaturated/α-hetero) is 1. The first-order valence-electron chi connectivity index (χ1n) is 9.56. The fourth-order valence-electron chi connectivity index (χ4n) is 3.32. The normalized spacial score (nSPS) is 10.7. The third-order valence-electron chi connectivity index (χ3n) is 4.91. The van der Waals surface area contributed by atoms with Crippen molar-refractivity contribution in [2.24, 2.45) is 0 Å². The number of ketones is 1. The molecular formula is C23H25NO5. The molecule has 0 fully saturated rings. The molecule has 3 rings (SSSR count). The predicted molar refractivity (Wildman–Crippen MR) is 111 cm³/mol. The molecule has 0 bridgehead atoms. The van der Waals surface area contributed by atoms with Crippen molar-refractivity contribution in [3.05, 3.63) is 59.3 Å². The maximum absolute atomic E-state index is 12.5. The van der Waals surface area contributed by atoms with Gasteiger partial charge in [0.25, 0.3) is 0 Å². The van der Waals surface area contributed by atoms with Crippen LogP contribution in [0.2, 0.25) is 0 Å². The number of para-hydroxylation sites is 1. The van der Waals surface area contributed by atoms with Crippen molar-refractivity contribution in [2.45, 2.75) is 26.2 Å². The molecule has 0 saturated carbocycles. The summed E-state index contributed by atoms with van der Waals surface area (Å²) in [5, 5.41) is 0.857. The zero-order valence-electron chi connectivity index (χ0n) is 16.9. The van der Waals surface area contributed by atoms with Gasteiger partial charge in [-0.2, -0.15) is 0 Å². The lowest BCUT2D eigenvalue weighted by Gasteiger charge is -2.09. The largest absolute Gasteiger partial charge is 0.493 e. The number of carbonyl (C=O) groups excluding carboxylic acids is 2. The first-order valence-corrected chi connectivity index (χ1v) is 9.56. The number of ether oxygens (including phenoxy) is 3. The van der Waals surface area contributed by atoms with E-state index in [0.717, 1.165) is 28.5 Å². The number of carbonyl (C=O) groups is 2. The Morgan fingerprint density at radius 3 is 2.55 bits per heavy atom. The number of H-pyrrole nitrogens is 1. The first kappa shape index (κ1) is 20.5. The Kier molecular flexibility index (Phi) is 6.54. The minimum atomic E-state index is -0.415. The monoisotopic (exact) mass is 395 g/mol. The van der Waals surface area contributed by atoms with Crippen LogP contribution in [0.1, 0.15) is 34.8 Å². The Balaban J connectivity index is 1.56. The number of methoxy groups -OCH3 is 2. The maximum atomic E-state index is 12.5. The van der Waals surface area contributed by atoms with E-state index in [1.54, 1.807) is 26.5 Å². The fourth-order valence-corrected chi connectivity index (χ4v) is 3.32. The van der Waals surface area contributed by atoms with E-state index >= 15 is 0 Å². The van der Waals surface area contributed by atoms with Gasteiger partial charge in [-0.05, 0) is 36.1 Å². The highest BCUT2D eigenvalue weighted by Crippen LogP contribution is 2.28. The molecule has 6 heteroatoms. The number of aryl methyl sites for hydroxylation is 2. The summed E-state index contributed by atoms with van der Waals surface area (Å²) in [6, 6.07) is 11.4. The molecule has 1 aromatic heterocycles. The SMILES string of the molecule is CCc1cccc2c(C(=O)COC(=O)CCc3ccc(OC)c(OC)c3)c[nH]c12. The molecule has 29 heavy (non-hydrogen) atoms. The standard InChI is InChI=1S/C23H25NO5/c1-4-16-6-5-7-17-18(13-24-23(16)17)19(25)14-29-22(26)11-9-15-8-10-20(27-2)21(12-15)28-3/h5-8,10,12-13,24H,4,9,11,14H2,1-3H3. The van der Waals surface area contributed by atoms with Crippen molar-refractivity contribution in [3.63, 3.8) is 0 Å². The Morgan fingerprint density at radius 1 is 1.03 bits per heavy atom. The molecule has 0 aliphatic rings. The molecule has 0 aliphatic heterocycles. The van der Waals surface area contributed by atoms with E-state index in [1.807, 2.05) is 30.3 Å². The molecule has 0 amide bonds. The molecule has 0 unspecified atom stereocenters. The number of fused-ring (bicyclic) bond motifs is 1. The number of benzene rings is 2. The Labute approximate surface area is 169 Å². The summed E-state index contributed by atoms with van der Waals surface area (Å²) in [4.78, 5) is 27.8. The van der Waals surface area contributed by atoms with Gasteiger partial charge in [0.15, 0.2) is 18.1 Å². The zero-order valence-corrected chi connectivity index (χ0v) is 16.9. The Morgan fingerprint density at radius 2 is 1.83 bits per heavy atom. The third-order valence-corrected chi connectivity index (χ3v) is 4.91. The lowest BCUT2D eigenvalue weighted by atomic mass is 10.1. The molecule has 0 aliphatic carbocycles. The van der Waals surface area contributed by atoms with Gasteiger partial charge in [-0.1, -0.05) is 31.2 Å². The average Bonchev–Trinajstić information content (AvgIpc) is 3.20. The lowest BCUT2D eigenvalue weighted by Crippen LogP contribution is -2.14. The summed E-state index contributed by atoms with van der Waals surface area (Å²) < 4.78 is 15.7. The van der Waals surface area contributed by atoms with Gasteiger partial charge < -0.3 is 19.2 Å². The Hall–Kier alpha value is -3.28. The highest BCUT2D eigenvalue weighted by molar-refractivity contribution is 6.09. The van der Waals surface area contributed by atoms with Crippen molar-refractivity contribution >= 4 is 22.7 Å². The number of hydrogen-bond acceptors (Lipinski definition) is 5. The van der Waals surface area contributed by atoms with Gasteiger partial charge in [-0.25, -0.2) is 0 Å². The molecule has 0 saturated heterocycles. The van der Waals surface area contributed by atoms with Gasteiger partial charge in [-0.15, -0.1) is 0 Å². The summed E-state index contributed by atoms with van der Waals surface area (Å²) >= 11 is 0. The molecule has 6 nitrogen and oxygen atoms in total. The van der Waals surface area contributed by atoms with Crippen molar-refractivity contribution in [3.8, 4) is 11.5 Å². The average molecular weight is 395 g/mol. The van der Waals surface area contributed by atoms with Crippen LogP contribution in [-0.2, 0) is 22.4 Å². The molecule has 2 aromatic carbocycles. The summed E-state index contributed by atoms with van der Waals surface area (Å²) in [5.41, 5.74) is 3.57. The maximum Gasteiger partial charge on any atom is 0.306 e. The van der Waals surface area contributed by atoms with Crippen molar-refractivity contribution in [1.82, 2.24) is 4.98 Å². The summed E-state index contributed by atoms with van der Waals surface area (Å²) in [6.07, 6.45) is 3.22. The van der Waals surface area contributed by atoms with E-state index in [2.05, 4.69) is 11.9 Å². The summed E-state index contributed by atoms with van der Waals surface area (Å²) in [5.74, 6) is 0.611. The molecule has 1 heterocycles. The van der Waals surface area contributed by atoms with Crippen LogP contribution in [0.25, 0.3) is 10.9 Å². The number of hydrogen-bond donors (Lipinski definition) is 1. The minimum absolute atomic E-state index is 0.177. The second-order valence-corrected chi connectivity index (χ2v) is 6.67. The molecule has 0 spiro atoms. The second-order valence-electron chi connectivity index (χ2n) is 6.67. The molecule has 1 N–H and O–H groups in total. The van der Waals surface area contributed by atoms with E-state index in [4.69, 9.17) is 14.2 Å². The van der Waals surface area contributed by atoms with Gasteiger partial charge >= 0.3 is 5.97 Å². The highest BCUT2D eigenvalue weighted by atomic mass is 16.5. The lowest BCUT2D eigenvalue weighted by molar-refractivity contribution is -0.142. The van der Waals surface area contributed by atoms with Crippen LogP contribution in [0.4, 0.5) is 0 Å². The third kappa shape index (κ3) is 4.59. The molecule has 152 valence electrons. The second kappa shape index (κ2) is 9.28. The number of rotatable bonds is 9. The van der Waals surface area contributed by atoms with E-state index in [1.165, 1.54) is 0 Å². The van der Waals surface area contributed by atoms with Crippen LogP contribution in [0.15, 0.2) is 42.6 Å². The predicted octanol–water partition coefficient (Wildman–Crippen LogP) is 4.11. The van der Waals surface area contributed by atoms with Gasteiger partial charge in [0, 0.05) is 29.1 Å². The van der Waals surface area contributed by atoms with Gasteiger partial charge in [0.1, 0.15) is 0 Å². The van der Waals surface area contributed by atoms with Crippen LogP contribution in [0.5, 0.6) is 11.5 Å². The molecular weight excluding hydrogens is 370 g/mol. The molecule has 0 radical (unpaired) electrons. The van der Waals surface area contributed by atoms with Crippen molar-refractivity contribution in [1.29, 1.82) is 0 Å². The van der Waals surface area contributed by atoms with Gasteiger partial charge in [-0.3, -0.25) is 9.59 Å². The van der Waals surface area contributed by atoms with Crippen molar-refractivity contribution in [2.75, 3.05) is 20.8 Å². The number of aromatic nitrogens is 1. The van der Waals surface area contributed by atoms with Crippen LogP contribution in [0.3, 0.4) is 0 Å². The van der Waals surface area contributed by atoms with Crippen LogP contribution in [0, 0.1) is 0 Å². The summed E-state index contributed by atoms with van der Waals surface area (Å²) in [6.45, 7) is 1.80. The quantitative estimate of drug-likeness (QED) is 0.436. The van der Waals surface area contributed by atoms with E-state index in [-0.39, 0.29) is 18.8 Å². The van der Waals surface area contributed by atoms with Crippen LogP contribution in [-0.4, -0.2) is 37.6 Å².